The molecule has 4 N–H and O–H groups in total. The van der Waals surface area contributed by atoms with E-state index in [2.05, 4.69) is 0 Å². The highest BCUT2D eigenvalue weighted by molar-refractivity contribution is 7.89. The van der Waals surface area contributed by atoms with Crippen molar-refractivity contribution in [3.05, 3.63) is 54.1 Å². The highest BCUT2D eigenvalue weighted by atomic mass is 32.2. The summed E-state index contributed by atoms with van der Waals surface area (Å²) in [6, 6.07) is 13.3. The number of amides is 1. The number of hydrogen-bond acceptors (Lipinski definition) is 3. The summed E-state index contributed by atoms with van der Waals surface area (Å²) in [5, 5.41) is 5.20. The normalized spacial score (nSPS) is 11.2. The monoisotopic (exact) mass is 276 g/mol. The van der Waals surface area contributed by atoms with E-state index in [0.29, 0.717) is 11.1 Å². The van der Waals surface area contributed by atoms with E-state index >= 15 is 0 Å². The van der Waals surface area contributed by atoms with Crippen molar-refractivity contribution < 1.29 is 13.2 Å². The molecule has 0 saturated carbocycles. The lowest BCUT2D eigenvalue weighted by molar-refractivity contribution is 0.0997. The zero-order valence-corrected chi connectivity index (χ0v) is 10.7. The molecule has 0 atom stereocenters. The largest absolute Gasteiger partial charge is 0.366 e. The van der Waals surface area contributed by atoms with Crippen LogP contribution in [0.25, 0.3) is 11.1 Å². The van der Waals surface area contributed by atoms with E-state index in [1.54, 1.807) is 42.5 Å². The molecule has 0 saturated heterocycles. The third-order valence-corrected chi connectivity index (χ3v) is 3.66. The number of sulfonamides is 1. The maximum Gasteiger partial charge on any atom is 0.250 e. The van der Waals surface area contributed by atoms with Crippen LogP contribution < -0.4 is 10.9 Å². The zero-order valence-electron chi connectivity index (χ0n) is 9.91. The minimum atomic E-state index is -4.06. The molecule has 0 aromatic heterocycles. The van der Waals surface area contributed by atoms with Gasteiger partial charge in [0.15, 0.2) is 0 Å². The summed E-state index contributed by atoms with van der Waals surface area (Å²) in [4.78, 5) is 11.1. The topological polar surface area (TPSA) is 103 Å². The fraction of sp³-hybridized carbons (Fsp3) is 0. The van der Waals surface area contributed by atoms with Crippen LogP contribution in [-0.4, -0.2) is 14.3 Å². The molecule has 0 heterocycles. The molecule has 5 nitrogen and oxygen atoms in total. The number of hydrogen-bond donors (Lipinski definition) is 2. The average molecular weight is 276 g/mol. The van der Waals surface area contributed by atoms with Crippen molar-refractivity contribution in [3.63, 3.8) is 0 Å². The van der Waals surface area contributed by atoms with Crippen molar-refractivity contribution >= 4 is 15.9 Å². The van der Waals surface area contributed by atoms with Gasteiger partial charge in [-0.05, 0) is 11.6 Å². The summed E-state index contributed by atoms with van der Waals surface area (Å²) in [5.74, 6) is -0.832. The molecule has 19 heavy (non-hydrogen) atoms. The smallest absolute Gasteiger partial charge is 0.250 e. The molecule has 6 heteroatoms. The summed E-state index contributed by atoms with van der Waals surface area (Å²) in [6.45, 7) is 0. The van der Waals surface area contributed by atoms with Gasteiger partial charge in [0.25, 0.3) is 0 Å². The third-order valence-electron chi connectivity index (χ3n) is 2.65. The van der Waals surface area contributed by atoms with Gasteiger partial charge >= 0.3 is 0 Å². The van der Waals surface area contributed by atoms with E-state index in [1.165, 1.54) is 6.07 Å². The molecule has 0 aliphatic heterocycles. The molecule has 0 aliphatic carbocycles. The Morgan fingerprint density at radius 3 is 2.11 bits per heavy atom. The molecule has 1 amide bonds. The molecular formula is C13H12N2O3S. The second-order valence-electron chi connectivity index (χ2n) is 3.96. The van der Waals surface area contributed by atoms with Crippen LogP contribution in [0, 0.1) is 0 Å². The summed E-state index contributed by atoms with van der Waals surface area (Å²) in [5.41, 5.74) is 6.10. The van der Waals surface area contributed by atoms with Crippen molar-refractivity contribution in [2.24, 2.45) is 10.9 Å². The Morgan fingerprint density at radius 2 is 1.58 bits per heavy atom. The maximum atomic E-state index is 11.7. The van der Waals surface area contributed by atoms with Crippen LogP contribution in [-0.2, 0) is 10.0 Å². The lowest BCUT2D eigenvalue weighted by Gasteiger charge is -2.11. The van der Waals surface area contributed by atoms with Gasteiger partial charge in [-0.1, -0.05) is 42.5 Å². The first-order valence-corrected chi connectivity index (χ1v) is 6.97. The molecule has 0 fully saturated rings. The van der Waals surface area contributed by atoms with Gasteiger partial charge in [-0.2, -0.15) is 0 Å². The van der Waals surface area contributed by atoms with Gasteiger partial charge in [0.1, 0.15) is 4.90 Å². The van der Waals surface area contributed by atoms with Gasteiger partial charge in [0, 0.05) is 5.56 Å². The molecule has 98 valence electrons. The van der Waals surface area contributed by atoms with E-state index in [4.69, 9.17) is 10.9 Å². The lowest BCUT2D eigenvalue weighted by Crippen LogP contribution is -2.21. The molecular weight excluding hydrogens is 264 g/mol. The summed E-state index contributed by atoms with van der Waals surface area (Å²) in [6.07, 6.45) is 0. The van der Waals surface area contributed by atoms with Gasteiger partial charge in [-0.25, -0.2) is 13.6 Å². The number of benzene rings is 2. The molecule has 2 aromatic carbocycles. The second kappa shape index (κ2) is 4.83. The Balaban J connectivity index is 2.83. The predicted octanol–water partition coefficient (Wildman–Crippen LogP) is 1.10. The Hall–Kier alpha value is -2.18. The summed E-state index contributed by atoms with van der Waals surface area (Å²) in [7, 11) is -4.06. The Morgan fingerprint density at radius 1 is 0.947 bits per heavy atom. The minimum absolute atomic E-state index is 0.108. The van der Waals surface area contributed by atoms with Crippen LogP contribution in [0.3, 0.4) is 0 Å². The SMILES string of the molecule is NC(=O)c1cccc(-c2ccccc2)c1S(N)(=O)=O. The third kappa shape index (κ3) is 2.64. The van der Waals surface area contributed by atoms with Crippen molar-refractivity contribution in [1.82, 2.24) is 0 Å². The van der Waals surface area contributed by atoms with Crippen molar-refractivity contribution in [2.45, 2.75) is 4.90 Å². The fourth-order valence-electron chi connectivity index (χ4n) is 1.88. The van der Waals surface area contributed by atoms with E-state index in [0.717, 1.165) is 0 Å². The van der Waals surface area contributed by atoms with Crippen LogP contribution in [0.5, 0.6) is 0 Å². The molecule has 0 radical (unpaired) electrons. The Labute approximate surface area is 110 Å². The molecule has 0 bridgehead atoms. The number of rotatable bonds is 3. The van der Waals surface area contributed by atoms with E-state index < -0.39 is 15.9 Å². The highest BCUT2D eigenvalue weighted by Gasteiger charge is 2.22. The second-order valence-corrected chi connectivity index (χ2v) is 5.46. The first kappa shape index (κ1) is 13.3. The summed E-state index contributed by atoms with van der Waals surface area (Å²) >= 11 is 0. The highest BCUT2D eigenvalue weighted by Crippen LogP contribution is 2.29. The lowest BCUT2D eigenvalue weighted by atomic mass is 10.0. The van der Waals surface area contributed by atoms with Crippen molar-refractivity contribution in [2.75, 3.05) is 0 Å². The van der Waals surface area contributed by atoms with Crippen LogP contribution in [0.1, 0.15) is 10.4 Å². The van der Waals surface area contributed by atoms with Crippen LogP contribution in [0.4, 0.5) is 0 Å². The molecule has 0 aliphatic rings. The Kier molecular flexibility index (Phi) is 3.37. The number of carbonyl (C=O) groups is 1. The maximum absolute atomic E-state index is 11.7. The molecule has 2 rings (SSSR count). The molecule has 0 unspecified atom stereocenters. The average Bonchev–Trinajstić information content (AvgIpc) is 2.38. The van der Waals surface area contributed by atoms with E-state index in [1.807, 2.05) is 0 Å². The van der Waals surface area contributed by atoms with Crippen molar-refractivity contribution in [1.29, 1.82) is 0 Å². The Bertz CT molecular complexity index is 725. The number of carbonyl (C=O) groups excluding carboxylic acids is 1. The van der Waals surface area contributed by atoms with Gasteiger partial charge in [-0.15, -0.1) is 0 Å². The van der Waals surface area contributed by atoms with Crippen LogP contribution in [0.15, 0.2) is 53.4 Å². The van der Waals surface area contributed by atoms with E-state index in [9.17, 15) is 13.2 Å². The van der Waals surface area contributed by atoms with Crippen LogP contribution >= 0.6 is 0 Å². The number of primary sulfonamides is 1. The minimum Gasteiger partial charge on any atom is -0.366 e. The molecule has 2 aromatic rings. The van der Waals surface area contributed by atoms with Gasteiger partial charge < -0.3 is 5.73 Å². The molecule has 0 spiro atoms. The van der Waals surface area contributed by atoms with E-state index in [-0.39, 0.29) is 10.5 Å². The van der Waals surface area contributed by atoms with Crippen LogP contribution in [0.2, 0.25) is 0 Å². The standard InChI is InChI=1S/C13H12N2O3S/c14-13(16)11-8-4-7-10(12(11)19(15,17)18)9-5-2-1-3-6-9/h1-8H,(H2,14,16)(H2,15,17,18). The number of nitrogens with two attached hydrogens (primary N) is 2. The quantitative estimate of drug-likeness (QED) is 0.877. The van der Waals surface area contributed by atoms with Gasteiger partial charge in [0.2, 0.25) is 15.9 Å². The zero-order chi connectivity index (χ0) is 14.0. The summed E-state index contributed by atoms with van der Waals surface area (Å²) < 4.78 is 23.4. The fourth-order valence-corrected chi connectivity index (χ4v) is 2.85. The van der Waals surface area contributed by atoms with Crippen molar-refractivity contribution in [3.8, 4) is 11.1 Å². The van der Waals surface area contributed by atoms with Gasteiger partial charge in [0.05, 0.1) is 5.56 Å². The number of primary amides is 1. The predicted molar refractivity (Wildman–Crippen MR) is 71.8 cm³/mol. The first-order chi connectivity index (χ1) is 8.91. The first-order valence-electron chi connectivity index (χ1n) is 5.42. The van der Waals surface area contributed by atoms with Gasteiger partial charge in [-0.3, -0.25) is 4.79 Å².